The van der Waals surface area contributed by atoms with E-state index >= 15 is 0 Å². The SMILES string of the molecule is CC(C)CCCCCCCOCCO. The van der Waals surface area contributed by atoms with Crippen LogP contribution < -0.4 is 0 Å². The van der Waals surface area contributed by atoms with Gasteiger partial charge in [-0.05, 0) is 12.3 Å². The van der Waals surface area contributed by atoms with Gasteiger partial charge in [0.15, 0.2) is 0 Å². The molecular weight excluding hydrogens is 176 g/mol. The molecule has 0 saturated heterocycles. The molecule has 0 radical (unpaired) electrons. The van der Waals surface area contributed by atoms with Gasteiger partial charge in [0.2, 0.25) is 0 Å². The Bertz CT molecular complexity index is 102. The van der Waals surface area contributed by atoms with Gasteiger partial charge in [0.05, 0.1) is 13.2 Å². The minimum atomic E-state index is 0.147. The number of aliphatic hydroxyl groups excluding tert-OH is 1. The van der Waals surface area contributed by atoms with Crippen LogP contribution in [-0.4, -0.2) is 24.9 Å². The molecule has 0 aliphatic rings. The first kappa shape index (κ1) is 13.9. The van der Waals surface area contributed by atoms with Crippen LogP contribution in [0.2, 0.25) is 0 Å². The van der Waals surface area contributed by atoms with Gasteiger partial charge in [-0.2, -0.15) is 0 Å². The van der Waals surface area contributed by atoms with Crippen LogP contribution in [0.15, 0.2) is 0 Å². The zero-order chi connectivity index (χ0) is 10.6. The van der Waals surface area contributed by atoms with Crippen LogP contribution in [-0.2, 0) is 4.74 Å². The zero-order valence-corrected chi connectivity index (χ0v) is 9.80. The molecular formula is C12H26O2. The summed E-state index contributed by atoms with van der Waals surface area (Å²) in [7, 11) is 0. The molecule has 2 heteroatoms. The van der Waals surface area contributed by atoms with E-state index in [2.05, 4.69) is 13.8 Å². The standard InChI is InChI=1S/C12H26O2/c1-12(2)8-6-4-3-5-7-10-14-11-9-13/h12-13H,3-11H2,1-2H3. The third-order valence-corrected chi connectivity index (χ3v) is 2.31. The monoisotopic (exact) mass is 202 g/mol. The highest BCUT2D eigenvalue weighted by Gasteiger charge is 1.94. The summed E-state index contributed by atoms with van der Waals surface area (Å²) in [5, 5.41) is 8.47. The second-order valence-electron chi connectivity index (χ2n) is 4.29. The maximum absolute atomic E-state index is 8.47. The molecule has 86 valence electrons. The second-order valence-corrected chi connectivity index (χ2v) is 4.29. The van der Waals surface area contributed by atoms with Crippen molar-refractivity contribution >= 4 is 0 Å². The average Bonchev–Trinajstić information content (AvgIpc) is 2.15. The van der Waals surface area contributed by atoms with Crippen LogP contribution in [0.4, 0.5) is 0 Å². The predicted octanol–water partition coefficient (Wildman–Crippen LogP) is 2.99. The molecule has 2 nitrogen and oxygen atoms in total. The molecule has 0 aliphatic heterocycles. The normalized spacial score (nSPS) is 11.1. The van der Waals surface area contributed by atoms with E-state index in [1.54, 1.807) is 0 Å². The molecule has 0 aromatic carbocycles. The summed E-state index contributed by atoms with van der Waals surface area (Å²) in [5.74, 6) is 0.850. The lowest BCUT2D eigenvalue weighted by Gasteiger charge is -2.04. The predicted molar refractivity (Wildman–Crippen MR) is 60.4 cm³/mol. The molecule has 0 amide bonds. The summed E-state index contributed by atoms with van der Waals surface area (Å²) in [6, 6.07) is 0. The van der Waals surface area contributed by atoms with Crippen LogP contribution in [0.5, 0.6) is 0 Å². The molecule has 14 heavy (non-hydrogen) atoms. The number of hydrogen-bond acceptors (Lipinski definition) is 2. The quantitative estimate of drug-likeness (QED) is 0.552. The number of aliphatic hydroxyl groups is 1. The van der Waals surface area contributed by atoms with Crippen LogP contribution in [0, 0.1) is 5.92 Å². The molecule has 0 aromatic heterocycles. The molecule has 1 N–H and O–H groups in total. The summed E-state index contributed by atoms with van der Waals surface area (Å²) < 4.78 is 5.18. The molecule has 0 rings (SSSR count). The molecule has 0 fully saturated rings. The Morgan fingerprint density at radius 1 is 0.929 bits per heavy atom. The maximum Gasteiger partial charge on any atom is 0.0697 e. The van der Waals surface area contributed by atoms with Crippen LogP contribution >= 0.6 is 0 Å². The highest BCUT2D eigenvalue weighted by atomic mass is 16.5. The van der Waals surface area contributed by atoms with Crippen molar-refractivity contribution in [1.29, 1.82) is 0 Å². The van der Waals surface area contributed by atoms with Crippen LogP contribution in [0.1, 0.15) is 52.4 Å². The Morgan fingerprint density at radius 3 is 2.21 bits per heavy atom. The highest BCUT2D eigenvalue weighted by molar-refractivity contribution is 4.48. The summed E-state index contributed by atoms with van der Waals surface area (Å²) in [5.41, 5.74) is 0. The Hall–Kier alpha value is -0.0800. The van der Waals surface area contributed by atoms with Gasteiger partial charge < -0.3 is 9.84 Å². The fourth-order valence-electron chi connectivity index (χ4n) is 1.45. The van der Waals surface area contributed by atoms with Gasteiger partial charge in [0.1, 0.15) is 0 Å². The van der Waals surface area contributed by atoms with E-state index in [0.717, 1.165) is 18.9 Å². The number of rotatable bonds is 10. The van der Waals surface area contributed by atoms with E-state index in [4.69, 9.17) is 9.84 Å². The summed E-state index contributed by atoms with van der Waals surface area (Å²) in [6.45, 7) is 6.01. The van der Waals surface area contributed by atoms with Crippen molar-refractivity contribution in [3.63, 3.8) is 0 Å². The summed E-state index contributed by atoms with van der Waals surface area (Å²) in [4.78, 5) is 0. The maximum atomic E-state index is 8.47. The fraction of sp³-hybridized carbons (Fsp3) is 1.00. The van der Waals surface area contributed by atoms with E-state index in [9.17, 15) is 0 Å². The van der Waals surface area contributed by atoms with Gasteiger partial charge in [-0.3, -0.25) is 0 Å². The Balaban J connectivity index is 2.85. The molecule has 0 heterocycles. The first-order chi connectivity index (χ1) is 6.77. The number of hydrogen-bond donors (Lipinski definition) is 1. The lowest BCUT2D eigenvalue weighted by atomic mass is 10.0. The highest BCUT2D eigenvalue weighted by Crippen LogP contribution is 2.10. The van der Waals surface area contributed by atoms with Crippen molar-refractivity contribution in [2.75, 3.05) is 19.8 Å². The summed E-state index contributed by atoms with van der Waals surface area (Å²) in [6.07, 6.45) is 7.83. The molecule has 0 saturated carbocycles. The van der Waals surface area contributed by atoms with Crippen molar-refractivity contribution in [2.45, 2.75) is 52.4 Å². The third-order valence-electron chi connectivity index (χ3n) is 2.31. The molecule has 0 aromatic rings. The first-order valence-corrected chi connectivity index (χ1v) is 5.96. The van der Waals surface area contributed by atoms with Gasteiger partial charge >= 0.3 is 0 Å². The average molecular weight is 202 g/mol. The number of unbranched alkanes of at least 4 members (excludes halogenated alkanes) is 4. The summed E-state index contributed by atoms with van der Waals surface area (Å²) >= 11 is 0. The Labute approximate surface area is 88.7 Å². The van der Waals surface area contributed by atoms with Crippen LogP contribution in [0.25, 0.3) is 0 Å². The van der Waals surface area contributed by atoms with Gasteiger partial charge in [-0.15, -0.1) is 0 Å². The van der Waals surface area contributed by atoms with E-state index in [-0.39, 0.29) is 6.61 Å². The molecule has 0 unspecified atom stereocenters. The topological polar surface area (TPSA) is 29.5 Å². The lowest BCUT2D eigenvalue weighted by Crippen LogP contribution is -2.00. The van der Waals surface area contributed by atoms with Gasteiger partial charge in [0, 0.05) is 6.61 Å². The minimum absolute atomic E-state index is 0.147. The van der Waals surface area contributed by atoms with Gasteiger partial charge in [-0.25, -0.2) is 0 Å². The Kier molecular flexibility index (Phi) is 10.9. The van der Waals surface area contributed by atoms with E-state index in [1.165, 1.54) is 32.1 Å². The van der Waals surface area contributed by atoms with E-state index < -0.39 is 0 Å². The molecule has 0 bridgehead atoms. The van der Waals surface area contributed by atoms with Crippen molar-refractivity contribution in [3.05, 3.63) is 0 Å². The van der Waals surface area contributed by atoms with Crippen molar-refractivity contribution in [1.82, 2.24) is 0 Å². The number of ether oxygens (including phenoxy) is 1. The Morgan fingerprint density at radius 2 is 1.57 bits per heavy atom. The van der Waals surface area contributed by atoms with Crippen molar-refractivity contribution in [2.24, 2.45) is 5.92 Å². The smallest absolute Gasteiger partial charge is 0.0697 e. The third kappa shape index (κ3) is 11.9. The fourth-order valence-corrected chi connectivity index (χ4v) is 1.45. The molecule has 0 atom stereocenters. The lowest BCUT2D eigenvalue weighted by molar-refractivity contribution is 0.0895. The molecule has 0 spiro atoms. The molecule has 0 aliphatic carbocycles. The minimum Gasteiger partial charge on any atom is -0.394 e. The van der Waals surface area contributed by atoms with Crippen molar-refractivity contribution in [3.8, 4) is 0 Å². The largest absolute Gasteiger partial charge is 0.394 e. The zero-order valence-electron chi connectivity index (χ0n) is 9.80. The van der Waals surface area contributed by atoms with E-state index in [1.807, 2.05) is 0 Å². The first-order valence-electron chi connectivity index (χ1n) is 5.96. The van der Waals surface area contributed by atoms with Gasteiger partial charge in [-0.1, -0.05) is 46.0 Å². The van der Waals surface area contributed by atoms with Crippen molar-refractivity contribution < 1.29 is 9.84 Å². The van der Waals surface area contributed by atoms with E-state index in [0.29, 0.717) is 6.61 Å². The second kappa shape index (κ2) is 11.0. The van der Waals surface area contributed by atoms with Crippen LogP contribution in [0.3, 0.4) is 0 Å². The van der Waals surface area contributed by atoms with Gasteiger partial charge in [0.25, 0.3) is 0 Å².